The van der Waals surface area contributed by atoms with E-state index in [1.54, 1.807) is 24.3 Å². The Kier molecular flexibility index (Phi) is 5.60. The van der Waals surface area contributed by atoms with Crippen molar-refractivity contribution in [1.82, 2.24) is 15.0 Å². The number of benzene rings is 2. The number of nitrogens with one attached hydrogen (secondary N) is 2. The van der Waals surface area contributed by atoms with Crippen LogP contribution < -0.4 is 16.4 Å². The molecule has 0 radical (unpaired) electrons. The first kappa shape index (κ1) is 21.5. The second-order valence-corrected chi connectivity index (χ2v) is 8.60. The summed E-state index contributed by atoms with van der Waals surface area (Å²) in [6, 6.07) is 18.7. The number of carbonyl (C=O) groups is 2. The number of hydrogen-bond acceptors (Lipinski definition) is 8. The summed E-state index contributed by atoms with van der Waals surface area (Å²) in [5.74, 6) is 0.148. The van der Waals surface area contributed by atoms with E-state index in [2.05, 4.69) is 25.6 Å². The molecule has 5 aromatic rings. The van der Waals surface area contributed by atoms with Crippen LogP contribution in [-0.4, -0.2) is 26.6 Å². The van der Waals surface area contributed by atoms with E-state index in [1.807, 2.05) is 41.8 Å². The summed E-state index contributed by atoms with van der Waals surface area (Å²) in [6.45, 7) is 1.93. The molecule has 168 valence electrons. The third kappa shape index (κ3) is 4.28. The van der Waals surface area contributed by atoms with Crippen molar-refractivity contribution in [3.05, 3.63) is 83.1 Å². The highest BCUT2D eigenvalue weighted by atomic mass is 32.1. The number of anilines is 3. The molecule has 0 saturated carbocycles. The molecule has 0 aliphatic carbocycles. The van der Waals surface area contributed by atoms with Crippen molar-refractivity contribution in [2.75, 3.05) is 16.4 Å². The van der Waals surface area contributed by atoms with Crippen LogP contribution in [0.15, 0.2) is 66.0 Å². The first-order chi connectivity index (χ1) is 16.5. The van der Waals surface area contributed by atoms with Gasteiger partial charge in [-0.2, -0.15) is 0 Å². The first-order valence-electron chi connectivity index (χ1n) is 10.5. The van der Waals surface area contributed by atoms with E-state index >= 15 is 0 Å². The number of Topliss-reactive ketones (excluding diaryl/α,β-unsaturated/α-hetero) is 1. The van der Waals surface area contributed by atoms with Gasteiger partial charge in [-0.3, -0.25) is 9.59 Å². The van der Waals surface area contributed by atoms with Crippen molar-refractivity contribution in [2.45, 2.75) is 13.5 Å². The predicted octanol–water partition coefficient (Wildman–Crippen LogP) is 4.89. The van der Waals surface area contributed by atoms with Crippen LogP contribution in [0.25, 0.3) is 21.0 Å². The van der Waals surface area contributed by atoms with E-state index in [9.17, 15) is 9.59 Å². The van der Waals surface area contributed by atoms with Crippen LogP contribution in [0.5, 0.6) is 0 Å². The quantitative estimate of drug-likeness (QED) is 0.303. The van der Waals surface area contributed by atoms with Crippen LogP contribution in [-0.2, 0) is 6.54 Å². The van der Waals surface area contributed by atoms with Crippen LogP contribution in [0.2, 0.25) is 0 Å². The van der Waals surface area contributed by atoms with E-state index in [0.717, 1.165) is 26.9 Å². The van der Waals surface area contributed by atoms with Gasteiger partial charge in [-0.15, -0.1) is 11.3 Å². The van der Waals surface area contributed by atoms with Gasteiger partial charge >= 0.3 is 0 Å². The summed E-state index contributed by atoms with van der Waals surface area (Å²) in [4.78, 5) is 37.7. The van der Waals surface area contributed by atoms with E-state index in [1.165, 1.54) is 18.3 Å². The zero-order valence-electron chi connectivity index (χ0n) is 18.2. The standard InChI is InChI=1S/C25H20N6O2S/c1-14(32)15-6-4-7-17(11-15)27-13-20-18-8-3-2-5-16(18)12-21(28-20)30-25(33)24-29-19-9-10-34-22(19)23(26)31-24/h2-12,27H,13H2,1H3,(H2,26,29,31)(H,28,30,33). The Balaban J connectivity index is 1.43. The van der Waals surface area contributed by atoms with Crippen LogP contribution in [0.4, 0.5) is 17.3 Å². The number of amides is 1. The minimum Gasteiger partial charge on any atom is -0.382 e. The maximum absolute atomic E-state index is 12.9. The van der Waals surface area contributed by atoms with Gasteiger partial charge in [-0.1, -0.05) is 36.4 Å². The largest absolute Gasteiger partial charge is 0.382 e. The fraction of sp³-hybridized carbons (Fsp3) is 0.0800. The number of nitrogens with two attached hydrogens (primary N) is 1. The highest BCUT2D eigenvalue weighted by molar-refractivity contribution is 7.17. The smallest absolute Gasteiger partial charge is 0.294 e. The average molecular weight is 469 g/mol. The number of thiophene rings is 1. The van der Waals surface area contributed by atoms with Gasteiger partial charge in [0.2, 0.25) is 5.82 Å². The number of nitrogen functional groups attached to an aromatic ring is 1. The van der Waals surface area contributed by atoms with Crippen LogP contribution in [0.3, 0.4) is 0 Å². The molecule has 4 N–H and O–H groups in total. The molecule has 2 aromatic carbocycles. The lowest BCUT2D eigenvalue weighted by Crippen LogP contribution is -2.18. The maximum Gasteiger partial charge on any atom is 0.294 e. The molecule has 0 bridgehead atoms. The number of carbonyl (C=O) groups excluding carboxylic acids is 2. The van der Waals surface area contributed by atoms with Gasteiger partial charge in [-0.05, 0) is 42.0 Å². The minimum atomic E-state index is -0.490. The molecule has 0 aliphatic heterocycles. The highest BCUT2D eigenvalue weighted by Gasteiger charge is 2.16. The van der Waals surface area contributed by atoms with Gasteiger partial charge in [0.25, 0.3) is 5.91 Å². The summed E-state index contributed by atoms with van der Waals surface area (Å²) in [7, 11) is 0. The van der Waals surface area contributed by atoms with Gasteiger partial charge in [0.05, 0.1) is 22.5 Å². The van der Waals surface area contributed by atoms with Gasteiger partial charge in [-0.25, -0.2) is 15.0 Å². The number of pyridine rings is 1. The van der Waals surface area contributed by atoms with E-state index < -0.39 is 5.91 Å². The first-order valence-corrected chi connectivity index (χ1v) is 11.4. The molecule has 0 unspecified atom stereocenters. The van der Waals surface area contributed by atoms with E-state index in [0.29, 0.717) is 23.4 Å². The number of nitrogens with zero attached hydrogens (tertiary/aromatic N) is 3. The Morgan fingerprint density at radius 3 is 2.71 bits per heavy atom. The second kappa shape index (κ2) is 8.87. The Morgan fingerprint density at radius 1 is 1.00 bits per heavy atom. The molecule has 5 rings (SSSR count). The van der Waals surface area contributed by atoms with Gasteiger partial charge in [0.15, 0.2) is 5.78 Å². The van der Waals surface area contributed by atoms with Gasteiger partial charge < -0.3 is 16.4 Å². The molecule has 8 nitrogen and oxygen atoms in total. The van der Waals surface area contributed by atoms with E-state index in [4.69, 9.17) is 5.73 Å². The number of rotatable bonds is 6. The number of aromatic nitrogens is 3. The summed E-state index contributed by atoms with van der Waals surface area (Å²) in [5.41, 5.74) is 8.80. The van der Waals surface area contributed by atoms with Gasteiger partial charge in [0.1, 0.15) is 11.6 Å². The van der Waals surface area contributed by atoms with Crippen molar-refractivity contribution in [1.29, 1.82) is 0 Å². The summed E-state index contributed by atoms with van der Waals surface area (Å²) < 4.78 is 0.752. The molecule has 1 amide bonds. The van der Waals surface area contributed by atoms with Crippen molar-refractivity contribution >= 4 is 61.3 Å². The van der Waals surface area contributed by atoms with Crippen molar-refractivity contribution in [3.8, 4) is 0 Å². The van der Waals surface area contributed by atoms with Crippen molar-refractivity contribution in [2.24, 2.45) is 0 Å². The number of ketones is 1. The summed E-state index contributed by atoms with van der Waals surface area (Å²) in [5, 5.41) is 9.85. The minimum absolute atomic E-state index is 0.000398. The molecular weight excluding hydrogens is 448 g/mol. The molecule has 9 heteroatoms. The topological polar surface area (TPSA) is 123 Å². The van der Waals surface area contributed by atoms with Crippen LogP contribution in [0, 0.1) is 0 Å². The fourth-order valence-corrected chi connectivity index (χ4v) is 4.40. The summed E-state index contributed by atoms with van der Waals surface area (Å²) in [6.07, 6.45) is 0. The normalized spacial score (nSPS) is 11.0. The molecule has 0 spiro atoms. The van der Waals surface area contributed by atoms with Crippen molar-refractivity contribution in [3.63, 3.8) is 0 Å². The molecule has 3 aromatic heterocycles. The lowest BCUT2D eigenvalue weighted by Gasteiger charge is -2.12. The highest BCUT2D eigenvalue weighted by Crippen LogP contribution is 2.25. The molecule has 0 atom stereocenters. The van der Waals surface area contributed by atoms with Gasteiger partial charge in [0, 0.05) is 16.6 Å². The Hall–Kier alpha value is -4.37. The molecule has 0 fully saturated rings. The molecular formula is C25H20N6O2S. The fourth-order valence-electron chi connectivity index (χ4n) is 3.66. The predicted molar refractivity (Wildman–Crippen MR) is 135 cm³/mol. The molecule has 0 saturated heterocycles. The molecule has 0 aliphatic rings. The summed E-state index contributed by atoms with van der Waals surface area (Å²) >= 11 is 1.43. The molecule has 3 heterocycles. The van der Waals surface area contributed by atoms with E-state index in [-0.39, 0.29) is 17.4 Å². The Bertz CT molecular complexity index is 1560. The number of hydrogen-bond donors (Lipinski definition) is 3. The van der Waals surface area contributed by atoms with Crippen LogP contribution in [0.1, 0.15) is 33.6 Å². The van der Waals surface area contributed by atoms with Crippen molar-refractivity contribution < 1.29 is 9.59 Å². The number of fused-ring (bicyclic) bond motifs is 2. The lowest BCUT2D eigenvalue weighted by molar-refractivity contribution is 0.100. The third-order valence-electron chi connectivity index (χ3n) is 5.32. The maximum atomic E-state index is 12.9. The zero-order valence-corrected chi connectivity index (χ0v) is 19.0. The Labute approximate surface area is 198 Å². The zero-order chi connectivity index (χ0) is 23.7. The average Bonchev–Trinajstić information content (AvgIpc) is 3.32. The second-order valence-electron chi connectivity index (χ2n) is 7.69. The monoisotopic (exact) mass is 468 g/mol. The molecule has 34 heavy (non-hydrogen) atoms. The third-order valence-corrected chi connectivity index (χ3v) is 6.25. The lowest BCUT2D eigenvalue weighted by atomic mass is 10.1. The Morgan fingerprint density at radius 2 is 1.85 bits per heavy atom. The SMILES string of the molecule is CC(=O)c1cccc(NCc2nc(NC(=O)c3nc(N)c4sccc4n3)cc3ccccc23)c1. The van der Waals surface area contributed by atoms with Crippen LogP contribution >= 0.6 is 11.3 Å².